The van der Waals surface area contributed by atoms with E-state index in [1.165, 1.54) is 25.7 Å². The topological polar surface area (TPSA) is 67.1 Å². The number of piperidine rings is 1. The Bertz CT molecular complexity index is 588. The van der Waals surface area contributed by atoms with E-state index in [9.17, 15) is 0 Å². The number of aromatic nitrogens is 4. The Morgan fingerprint density at radius 2 is 2.37 bits per heavy atom. The van der Waals surface area contributed by atoms with E-state index in [0.717, 1.165) is 24.4 Å². The van der Waals surface area contributed by atoms with Crippen molar-refractivity contribution in [2.75, 3.05) is 11.9 Å². The number of hydrogen-bond acceptors (Lipinski definition) is 5. The van der Waals surface area contributed by atoms with Crippen LogP contribution in [0.15, 0.2) is 18.7 Å². The summed E-state index contributed by atoms with van der Waals surface area (Å²) < 4.78 is 1.90. The molecule has 2 fully saturated rings. The van der Waals surface area contributed by atoms with Crippen LogP contribution in [-0.4, -0.2) is 37.7 Å². The highest BCUT2D eigenvalue weighted by molar-refractivity contribution is 5.61. The quantitative estimate of drug-likeness (QED) is 0.847. The maximum atomic E-state index is 4.41. The largest absolute Gasteiger partial charge is 0.364 e. The van der Waals surface area contributed by atoms with Crippen LogP contribution < -0.4 is 10.6 Å². The lowest BCUT2D eigenvalue weighted by molar-refractivity contribution is 0.135. The van der Waals surface area contributed by atoms with E-state index in [1.807, 2.05) is 10.6 Å². The Balaban J connectivity index is 1.56. The highest BCUT2D eigenvalue weighted by Crippen LogP contribution is 2.38. The zero-order valence-electron chi connectivity index (χ0n) is 10.8. The third-order valence-electron chi connectivity index (χ3n) is 4.50. The van der Waals surface area contributed by atoms with E-state index >= 15 is 0 Å². The first kappa shape index (κ1) is 11.2. The zero-order chi connectivity index (χ0) is 12.7. The van der Waals surface area contributed by atoms with Crippen molar-refractivity contribution in [2.24, 2.45) is 0 Å². The van der Waals surface area contributed by atoms with Crippen molar-refractivity contribution in [3.63, 3.8) is 0 Å². The van der Waals surface area contributed by atoms with Crippen LogP contribution >= 0.6 is 0 Å². The van der Waals surface area contributed by atoms with Gasteiger partial charge in [0.15, 0.2) is 5.82 Å². The van der Waals surface area contributed by atoms with Crippen LogP contribution in [0.3, 0.4) is 0 Å². The Kier molecular flexibility index (Phi) is 2.44. The Hall–Kier alpha value is -1.69. The summed E-state index contributed by atoms with van der Waals surface area (Å²) in [6.45, 7) is 1.09. The van der Waals surface area contributed by atoms with Gasteiger partial charge < -0.3 is 10.6 Å². The molecule has 1 aliphatic heterocycles. The molecule has 1 unspecified atom stereocenters. The number of rotatable bonds is 2. The summed E-state index contributed by atoms with van der Waals surface area (Å²) in [6, 6.07) is 0.483. The van der Waals surface area contributed by atoms with Crippen LogP contribution in [0, 0.1) is 0 Å². The van der Waals surface area contributed by atoms with Gasteiger partial charge in [0.2, 0.25) is 5.65 Å². The lowest BCUT2D eigenvalue weighted by Crippen LogP contribution is -2.58. The van der Waals surface area contributed by atoms with Gasteiger partial charge in [0, 0.05) is 24.0 Å². The molecule has 6 heteroatoms. The maximum Gasteiger partial charge on any atom is 0.203 e. The molecular formula is C13H18N6. The SMILES string of the molecule is c1cn2cnnc2c(NC2CCNC3(CCC3)C2)n1. The van der Waals surface area contributed by atoms with Gasteiger partial charge in [-0.1, -0.05) is 0 Å². The molecule has 2 aromatic heterocycles. The van der Waals surface area contributed by atoms with E-state index in [1.54, 1.807) is 12.5 Å². The summed E-state index contributed by atoms with van der Waals surface area (Å²) in [6.07, 6.45) is 11.7. The molecule has 1 atom stereocenters. The van der Waals surface area contributed by atoms with Gasteiger partial charge in [-0.2, -0.15) is 0 Å². The summed E-state index contributed by atoms with van der Waals surface area (Å²) in [4.78, 5) is 4.41. The molecule has 0 amide bonds. The number of nitrogens with zero attached hydrogens (tertiary/aromatic N) is 4. The molecule has 2 aromatic rings. The summed E-state index contributed by atoms with van der Waals surface area (Å²) in [7, 11) is 0. The molecule has 1 aliphatic carbocycles. The predicted octanol–water partition coefficient (Wildman–Crippen LogP) is 1.21. The molecule has 1 saturated carbocycles. The average Bonchev–Trinajstić information content (AvgIpc) is 2.87. The van der Waals surface area contributed by atoms with Gasteiger partial charge in [0.1, 0.15) is 6.33 Å². The lowest BCUT2D eigenvalue weighted by Gasteiger charge is -2.48. The van der Waals surface area contributed by atoms with Crippen LogP contribution in [0.4, 0.5) is 5.82 Å². The van der Waals surface area contributed by atoms with Gasteiger partial charge in [-0.3, -0.25) is 4.40 Å². The van der Waals surface area contributed by atoms with E-state index in [-0.39, 0.29) is 0 Å². The Labute approximate surface area is 111 Å². The third kappa shape index (κ3) is 1.87. The van der Waals surface area contributed by atoms with Gasteiger partial charge in [0.25, 0.3) is 0 Å². The van der Waals surface area contributed by atoms with E-state index < -0.39 is 0 Å². The van der Waals surface area contributed by atoms with Crippen molar-refractivity contribution in [3.8, 4) is 0 Å². The van der Waals surface area contributed by atoms with Crippen molar-refractivity contribution >= 4 is 11.5 Å². The minimum absolute atomic E-state index is 0.397. The molecule has 4 rings (SSSR count). The lowest BCUT2D eigenvalue weighted by atomic mass is 9.70. The fraction of sp³-hybridized carbons (Fsp3) is 0.615. The first-order valence-corrected chi connectivity index (χ1v) is 7.01. The first-order chi connectivity index (χ1) is 9.35. The molecule has 6 nitrogen and oxygen atoms in total. The minimum atomic E-state index is 0.397. The molecule has 0 radical (unpaired) electrons. The molecule has 0 aromatic carbocycles. The fourth-order valence-electron chi connectivity index (χ4n) is 3.32. The third-order valence-corrected chi connectivity index (χ3v) is 4.50. The fourth-order valence-corrected chi connectivity index (χ4v) is 3.32. The highest BCUT2D eigenvalue weighted by atomic mass is 15.2. The molecule has 2 aliphatic rings. The van der Waals surface area contributed by atoms with Gasteiger partial charge >= 0.3 is 0 Å². The van der Waals surface area contributed by atoms with E-state index in [0.29, 0.717) is 11.6 Å². The Morgan fingerprint density at radius 1 is 1.42 bits per heavy atom. The Morgan fingerprint density at radius 3 is 3.21 bits per heavy atom. The van der Waals surface area contributed by atoms with Crippen LogP contribution in [0.25, 0.3) is 5.65 Å². The molecule has 1 spiro atoms. The second kappa shape index (κ2) is 4.16. The summed E-state index contributed by atoms with van der Waals surface area (Å²) in [5.74, 6) is 0.848. The standard InChI is InChI=1S/C13H18N6/c1-3-13(4-1)8-10(2-5-15-13)17-11-12-18-16-9-19(12)7-6-14-11/h6-7,9-10,15H,1-5,8H2,(H,14,17). The van der Waals surface area contributed by atoms with Crippen LogP contribution in [-0.2, 0) is 0 Å². The van der Waals surface area contributed by atoms with Crippen LogP contribution in [0.2, 0.25) is 0 Å². The number of anilines is 1. The van der Waals surface area contributed by atoms with Crippen LogP contribution in [0.1, 0.15) is 32.1 Å². The van der Waals surface area contributed by atoms with Gasteiger partial charge in [-0.05, 0) is 38.6 Å². The second-order valence-electron chi connectivity index (χ2n) is 5.73. The highest BCUT2D eigenvalue weighted by Gasteiger charge is 2.40. The van der Waals surface area contributed by atoms with Gasteiger partial charge in [0.05, 0.1) is 0 Å². The first-order valence-electron chi connectivity index (χ1n) is 7.01. The molecule has 19 heavy (non-hydrogen) atoms. The normalized spacial score (nSPS) is 25.4. The summed E-state index contributed by atoms with van der Waals surface area (Å²) >= 11 is 0. The molecule has 3 heterocycles. The second-order valence-corrected chi connectivity index (χ2v) is 5.73. The van der Waals surface area contributed by atoms with Crippen molar-refractivity contribution in [2.45, 2.75) is 43.7 Å². The van der Waals surface area contributed by atoms with E-state index in [2.05, 4.69) is 25.8 Å². The van der Waals surface area contributed by atoms with Crippen molar-refractivity contribution in [1.29, 1.82) is 0 Å². The maximum absolute atomic E-state index is 4.41. The molecular weight excluding hydrogens is 240 g/mol. The predicted molar refractivity (Wildman–Crippen MR) is 72.0 cm³/mol. The molecule has 2 N–H and O–H groups in total. The smallest absolute Gasteiger partial charge is 0.203 e. The molecule has 100 valence electrons. The molecule has 1 saturated heterocycles. The van der Waals surface area contributed by atoms with Crippen molar-refractivity contribution in [1.82, 2.24) is 24.9 Å². The monoisotopic (exact) mass is 258 g/mol. The number of fused-ring (bicyclic) bond motifs is 1. The van der Waals surface area contributed by atoms with Crippen molar-refractivity contribution in [3.05, 3.63) is 18.7 Å². The average molecular weight is 258 g/mol. The number of hydrogen-bond donors (Lipinski definition) is 2. The summed E-state index contributed by atoms with van der Waals surface area (Å²) in [5, 5.41) is 15.3. The molecule has 0 bridgehead atoms. The van der Waals surface area contributed by atoms with Crippen molar-refractivity contribution < 1.29 is 0 Å². The van der Waals surface area contributed by atoms with Crippen LogP contribution in [0.5, 0.6) is 0 Å². The van der Waals surface area contributed by atoms with Gasteiger partial charge in [-0.25, -0.2) is 4.98 Å². The number of nitrogens with one attached hydrogen (secondary N) is 2. The van der Waals surface area contributed by atoms with E-state index in [4.69, 9.17) is 0 Å². The minimum Gasteiger partial charge on any atom is -0.364 e. The summed E-state index contributed by atoms with van der Waals surface area (Å²) in [5.41, 5.74) is 1.21. The zero-order valence-corrected chi connectivity index (χ0v) is 10.8. The van der Waals surface area contributed by atoms with Gasteiger partial charge in [-0.15, -0.1) is 10.2 Å².